The number of Topliss-reactive ketones (excluding diaryl/α,β-unsaturated/α-hetero) is 1. The van der Waals surface area contributed by atoms with Gasteiger partial charge in [-0.25, -0.2) is 4.79 Å². The Kier molecular flexibility index (Phi) is 10.4. The van der Waals surface area contributed by atoms with E-state index in [1.54, 1.807) is 42.5 Å². The highest BCUT2D eigenvalue weighted by Gasteiger charge is 2.26. The fourth-order valence-electron chi connectivity index (χ4n) is 3.95. The number of benzene rings is 3. The molecule has 3 aromatic carbocycles. The predicted octanol–water partition coefficient (Wildman–Crippen LogP) is 7.52. The van der Waals surface area contributed by atoms with Crippen molar-refractivity contribution in [3.05, 3.63) is 106 Å². The van der Waals surface area contributed by atoms with Crippen molar-refractivity contribution in [2.45, 2.75) is 19.8 Å². The van der Waals surface area contributed by atoms with E-state index in [9.17, 15) is 9.59 Å². The minimum atomic E-state index is -1.15. The molecule has 0 heterocycles. The van der Waals surface area contributed by atoms with E-state index in [2.05, 4.69) is 6.58 Å². The lowest BCUT2D eigenvalue weighted by atomic mass is 9.86. The molecule has 3 aromatic rings. The Morgan fingerprint density at radius 1 is 0.974 bits per heavy atom. The molecule has 0 saturated heterocycles. The largest absolute Gasteiger partial charge is 0.496 e. The number of carboxylic acids is 1. The molecule has 38 heavy (non-hydrogen) atoms. The summed E-state index contributed by atoms with van der Waals surface area (Å²) < 4.78 is 16.6. The maximum absolute atomic E-state index is 14.0. The topological polar surface area (TPSA) is 82.1 Å². The minimum Gasteiger partial charge on any atom is -0.496 e. The van der Waals surface area contributed by atoms with Crippen LogP contribution in [0.25, 0.3) is 5.57 Å². The second-order valence-electron chi connectivity index (χ2n) is 8.17. The first kappa shape index (κ1) is 28.8. The van der Waals surface area contributed by atoms with Crippen LogP contribution in [0.3, 0.4) is 0 Å². The van der Waals surface area contributed by atoms with E-state index in [1.807, 2.05) is 25.1 Å². The van der Waals surface area contributed by atoms with Gasteiger partial charge in [-0.1, -0.05) is 67.4 Å². The van der Waals surface area contributed by atoms with Crippen molar-refractivity contribution < 1.29 is 28.9 Å². The number of hydrogen-bond donors (Lipinski definition) is 1. The van der Waals surface area contributed by atoms with E-state index < -0.39 is 12.6 Å². The number of rotatable bonds is 13. The van der Waals surface area contributed by atoms with E-state index in [-0.39, 0.29) is 21.6 Å². The molecule has 8 heteroatoms. The van der Waals surface area contributed by atoms with Crippen LogP contribution in [-0.4, -0.2) is 37.2 Å². The summed E-state index contributed by atoms with van der Waals surface area (Å²) in [6.07, 6.45) is 2.71. The fraction of sp³-hybridized carbons (Fsp3) is 0.200. The first-order chi connectivity index (χ1) is 18.3. The van der Waals surface area contributed by atoms with Crippen molar-refractivity contribution >= 4 is 40.5 Å². The van der Waals surface area contributed by atoms with Crippen LogP contribution in [0, 0.1) is 0 Å². The van der Waals surface area contributed by atoms with Crippen molar-refractivity contribution in [2.24, 2.45) is 0 Å². The quantitative estimate of drug-likeness (QED) is 0.134. The van der Waals surface area contributed by atoms with Gasteiger partial charge in [-0.2, -0.15) is 0 Å². The van der Waals surface area contributed by atoms with E-state index >= 15 is 0 Å². The van der Waals surface area contributed by atoms with Gasteiger partial charge in [-0.3, -0.25) is 4.79 Å². The maximum Gasteiger partial charge on any atom is 0.341 e. The Labute approximate surface area is 232 Å². The Bertz CT molecular complexity index is 1350. The molecular formula is C30H28Cl2O6. The summed E-state index contributed by atoms with van der Waals surface area (Å²) in [5.74, 6) is -0.108. The number of ether oxygens (including phenoxy) is 3. The third-order valence-electron chi connectivity index (χ3n) is 5.59. The number of allylic oxidation sites excluding steroid dienone is 1. The molecule has 0 amide bonds. The van der Waals surface area contributed by atoms with Crippen molar-refractivity contribution in [3.63, 3.8) is 0 Å². The van der Waals surface area contributed by atoms with Crippen molar-refractivity contribution in [2.75, 3.05) is 20.3 Å². The minimum absolute atomic E-state index is 0.0919. The predicted molar refractivity (Wildman–Crippen MR) is 150 cm³/mol. The normalized spacial score (nSPS) is 11.4. The van der Waals surface area contributed by atoms with E-state index in [0.717, 1.165) is 0 Å². The van der Waals surface area contributed by atoms with Crippen LogP contribution in [0.5, 0.6) is 17.2 Å². The molecule has 3 rings (SSSR count). The number of carbonyl (C=O) groups is 2. The molecule has 0 aliphatic carbocycles. The van der Waals surface area contributed by atoms with Crippen LogP contribution < -0.4 is 14.2 Å². The molecule has 0 spiro atoms. The summed E-state index contributed by atoms with van der Waals surface area (Å²) in [5, 5.41) is 9.45. The Morgan fingerprint density at radius 3 is 2.32 bits per heavy atom. The highest BCUT2D eigenvalue weighted by molar-refractivity contribution is 6.39. The average Bonchev–Trinajstić information content (AvgIpc) is 2.92. The standard InChI is InChI=1S/C30H28Cl2O6/c1-4-8-22(30(35)19-11-13-20(14-12-19)37-17-5-2)27(21-9-6-7-10-24(21)36-3)28-23(31)15-16-25(29(28)32)38-18-26(33)34/h5-7,9-16H,2,4,8,17-18H2,1,3H3,(H,33,34). The number of methoxy groups -OCH3 is 1. The fourth-order valence-corrected chi connectivity index (χ4v) is 4.56. The third kappa shape index (κ3) is 6.77. The van der Waals surface area contributed by atoms with Gasteiger partial charge in [0.05, 0.1) is 17.2 Å². The van der Waals surface area contributed by atoms with Gasteiger partial charge >= 0.3 is 5.97 Å². The molecule has 6 nitrogen and oxygen atoms in total. The number of para-hydroxylation sites is 1. The van der Waals surface area contributed by atoms with Crippen LogP contribution in [-0.2, 0) is 4.79 Å². The molecule has 0 aliphatic heterocycles. The SMILES string of the molecule is C=CCOc1ccc(C(=O)C(CCC)=C(c2ccccc2OC)c2c(Cl)ccc(OCC(=O)O)c2Cl)cc1. The molecule has 0 saturated carbocycles. The zero-order valence-electron chi connectivity index (χ0n) is 21.1. The lowest BCUT2D eigenvalue weighted by Gasteiger charge is -2.21. The van der Waals surface area contributed by atoms with Gasteiger partial charge < -0.3 is 19.3 Å². The Morgan fingerprint density at radius 2 is 1.68 bits per heavy atom. The Hall–Kier alpha value is -3.74. The summed E-state index contributed by atoms with van der Waals surface area (Å²) in [7, 11) is 1.54. The lowest BCUT2D eigenvalue weighted by molar-refractivity contribution is -0.139. The summed E-state index contributed by atoms with van der Waals surface area (Å²) >= 11 is 13.5. The second kappa shape index (κ2) is 13.7. The van der Waals surface area contributed by atoms with Crippen LogP contribution in [0.4, 0.5) is 0 Å². The molecule has 198 valence electrons. The van der Waals surface area contributed by atoms with Gasteiger partial charge in [0, 0.05) is 27.8 Å². The molecule has 0 fully saturated rings. The van der Waals surface area contributed by atoms with E-state index in [1.165, 1.54) is 13.2 Å². The highest BCUT2D eigenvalue weighted by Crippen LogP contribution is 2.45. The first-order valence-corrected chi connectivity index (χ1v) is 12.7. The molecule has 0 atom stereocenters. The zero-order chi connectivity index (χ0) is 27.7. The highest BCUT2D eigenvalue weighted by atomic mass is 35.5. The summed E-state index contributed by atoms with van der Waals surface area (Å²) in [4.78, 5) is 25.1. The molecule has 0 aromatic heterocycles. The number of carbonyl (C=O) groups excluding carboxylic acids is 1. The zero-order valence-corrected chi connectivity index (χ0v) is 22.6. The van der Waals surface area contributed by atoms with Gasteiger partial charge in [0.1, 0.15) is 23.9 Å². The smallest absolute Gasteiger partial charge is 0.341 e. The molecule has 0 aliphatic rings. The van der Waals surface area contributed by atoms with Crippen LogP contribution >= 0.6 is 23.2 Å². The molecule has 0 bridgehead atoms. The molecular weight excluding hydrogens is 527 g/mol. The van der Waals surface area contributed by atoms with Gasteiger partial charge in [0.15, 0.2) is 12.4 Å². The number of hydrogen-bond acceptors (Lipinski definition) is 5. The average molecular weight is 555 g/mol. The molecule has 0 unspecified atom stereocenters. The van der Waals surface area contributed by atoms with Gasteiger partial charge in [0.2, 0.25) is 0 Å². The summed E-state index contributed by atoms with van der Waals surface area (Å²) in [6.45, 7) is 5.37. The second-order valence-corrected chi connectivity index (χ2v) is 8.96. The molecule has 1 N–H and O–H groups in total. The number of halogens is 2. The van der Waals surface area contributed by atoms with Gasteiger partial charge in [0.25, 0.3) is 0 Å². The summed E-state index contributed by atoms with van der Waals surface area (Å²) in [6, 6.07) is 17.2. The van der Waals surface area contributed by atoms with Gasteiger partial charge in [-0.15, -0.1) is 0 Å². The van der Waals surface area contributed by atoms with Crippen LogP contribution in [0.1, 0.15) is 41.3 Å². The third-order valence-corrected chi connectivity index (χ3v) is 6.28. The first-order valence-electron chi connectivity index (χ1n) is 11.9. The van der Waals surface area contributed by atoms with Crippen molar-refractivity contribution in [1.29, 1.82) is 0 Å². The Balaban J connectivity index is 2.30. The van der Waals surface area contributed by atoms with E-state index in [0.29, 0.717) is 58.8 Å². The maximum atomic E-state index is 14.0. The van der Waals surface area contributed by atoms with Crippen molar-refractivity contribution in [1.82, 2.24) is 0 Å². The van der Waals surface area contributed by atoms with Crippen LogP contribution in [0.2, 0.25) is 10.0 Å². The van der Waals surface area contributed by atoms with Crippen molar-refractivity contribution in [3.8, 4) is 17.2 Å². The lowest BCUT2D eigenvalue weighted by Crippen LogP contribution is -2.11. The monoisotopic (exact) mass is 554 g/mol. The van der Waals surface area contributed by atoms with Crippen LogP contribution in [0.15, 0.2) is 78.9 Å². The number of carboxylic acid groups (broad SMARTS) is 1. The summed E-state index contributed by atoms with van der Waals surface area (Å²) in [5.41, 5.74) is 2.37. The number of ketones is 1. The number of aliphatic carboxylic acids is 1. The van der Waals surface area contributed by atoms with Gasteiger partial charge in [-0.05, 0) is 48.9 Å². The van der Waals surface area contributed by atoms with E-state index in [4.69, 9.17) is 42.5 Å². The molecule has 0 radical (unpaired) electrons.